The maximum absolute atomic E-state index is 6.07. The Hall–Kier alpha value is -0.800. The normalized spacial score (nSPS) is 17.8. The van der Waals surface area contributed by atoms with Gasteiger partial charge in [0.05, 0.1) is 12.3 Å². The van der Waals surface area contributed by atoms with Gasteiger partial charge in [0, 0.05) is 12.1 Å². The van der Waals surface area contributed by atoms with Gasteiger partial charge in [-0.3, -0.25) is 4.90 Å². The second-order valence-electron chi connectivity index (χ2n) is 4.97. The van der Waals surface area contributed by atoms with Crippen LogP contribution < -0.4 is 5.73 Å². The first kappa shape index (κ1) is 13.3. The van der Waals surface area contributed by atoms with Gasteiger partial charge in [-0.25, -0.2) is 0 Å². The van der Waals surface area contributed by atoms with Crippen molar-refractivity contribution in [3.05, 3.63) is 24.2 Å². The van der Waals surface area contributed by atoms with Gasteiger partial charge in [0.1, 0.15) is 5.76 Å². The molecule has 92 valence electrons. The molecule has 1 rings (SSSR count). The maximum atomic E-state index is 6.07. The average molecular weight is 224 g/mol. The van der Waals surface area contributed by atoms with Crippen LogP contribution in [-0.2, 0) is 0 Å². The molecule has 1 heterocycles. The minimum absolute atomic E-state index is 0.0531. The summed E-state index contributed by atoms with van der Waals surface area (Å²) in [6.45, 7) is 8.70. The third-order valence-corrected chi connectivity index (χ3v) is 3.38. The largest absolute Gasteiger partial charge is 0.468 e. The van der Waals surface area contributed by atoms with Crippen molar-refractivity contribution in [1.29, 1.82) is 0 Å². The van der Waals surface area contributed by atoms with E-state index >= 15 is 0 Å². The van der Waals surface area contributed by atoms with Gasteiger partial charge in [-0.15, -0.1) is 0 Å². The van der Waals surface area contributed by atoms with Crippen molar-refractivity contribution >= 4 is 0 Å². The number of furan rings is 1. The van der Waals surface area contributed by atoms with E-state index in [2.05, 4.69) is 32.7 Å². The number of rotatable bonds is 5. The molecule has 2 N–H and O–H groups in total. The van der Waals surface area contributed by atoms with E-state index < -0.39 is 0 Å². The Bertz CT molecular complexity index is 293. The van der Waals surface area contributed by atoms with Gasteiger partial charge >= 0.3 is 0 Å². The number of nitrogens with two attached hydrogens (primary N) is 1. The fourth-order valence-electron chi connectivity index (χ4n) is 2.01. The first-order chi connectivity index (χ1) is 7.45. The molecule has 0 radical (unpaired) electrons. The van der Waals surface area contributed by atoms with Crippen LogP contribution in [0.2, 0.25) is 0 Å². The Labute approximate surface area is 98.6 Å². The fraction of sp³-hybridized carbons (Fsp3) is 0.692. The lowest BCUT2D eigenvalue weighted by Gasteiger charge is -2.36. The van der Waals surface area contributed by atoms with Crippen LogP contribution in [-0.4, -0.2) is 24.0 Å². The molecule has 0 saturated heterocycles. The minimum Gasteiger partial charge on any atom is -0.468 e. The van der Waals surface area contributed by atoms with Crippen molar-refractivity contribution < 1.29 is 4.42 Å². The number of likely N-dealkylation sites (N-methyl/N-ethyl adjacent to an activating group) is 1. The number of hydrogen-bond donors (Lipinski definition) is 1. The predicted octanol–water partition coefficient (Wildman–Crippen LogP) is 2.64. The Morgan fingerprint density at radius 1 is 1.25 bits per heavy atom. The molecule has 0 aliphatic carbocycles. The van der Waals surface area contributed by atoms with Crippen molar-refractivity contribution in [3.8, 4) is 0 Å². The zero-order valence-corrected chi connectivity index (χ0v) is 11.0. The van der Waals surface area contributed by atoms with E-state index in [-0.39, 0.29) is 12.1 Å². The highest BCUT2D eigenvalue weighted by Gasteiger charge is 2.28. The summed E-state index contributed by atoms with van der Waals surface area (Å²) in [5.74, 6) is 1.55. The quantitative estimate of drug-likeness (QED) is 0.836. The standard InChI is InChI=1S/C13H24N2O/c1-9(2)11(4)15(5)13(10(3)14)12-7-6-8-16-12/h6-11,13H,14H2,1-5H3. The molecule has 3 unspecified atom stereocenters. The summed E-state index contributed by atoms with van der Waals surface area (Å²) in [7, 11) is 2.11. The fourth-order valence-corrected chi connectivity index (χ4v) is 2.01. The predicted molar refractivity (Wildman–Crippen MR) is 67.2 cm³/mol. The van der Waals surface area contributed by atoms with E-state index in [1.54, 1.807) is 6.26 Å². The summed E-state index contributed by atoms with van der Waals surface area (Å²) in [4.78, 5) is 2.30. The van der Waals surface area contributed by atoms with Crippen molar-refractivity contribution in [2.75, 3.05) is 7.05 Å². The van der Waals surface area contributed by atoms with Gasteiger partial charge in [-0.05, 0) is 38.9 Å². The Balaban J connectivity index is 2.87. The van der Waals surface area contributed by atoms with E-state index in [0.29, 0.717) is 12.0 Å². The molecule has 16 heavy (non-hydrogen) atoms. The van der Waals surface area contributed by atoms with Crippen molar-refractivity contribution in [2.24, 2.45) is 11.7 Å². The summed E-state index contributed by atoms with van der Waals surface area (Å²) >= 11 is 0. The molecule has 0 saturated carbocycles. The molecular formula is C13H24N2O. The summed E-state index contributed by atoms with van der Waals surface area (Å²) in [5, 5.41) is 0. The van der Waals surface area contributed by atoms with E-state index in [1.165, 1.54) is 0 Å². The van der Waals surface area contributed by atoms with Gasteiger partial charge in [0.25, 0.3) is 0 Å². The van der Waals surface area contributed by atoms with Crippen LogP contribution in [0.15, 0.2) is 22.8 Å². The van der Waals surface area contributed by atoms with Crippen LogP contribution in [0.5, 0.6) is 0 Å². The van der Waals surface area contributed by atoms with Crippen LogP contribution in [0, 0.1) is 5.92 Å². The molecule has 0 spiro atoms. The van der Waals surface area contributed by atoms with Crippen molar-refractivity contribution in [3.63, 3.8) is 0 Å². The Kier molecular flexibility index (Phi) is 4.56. The zero-order chi connectivity index (χ0) is 12.3. The van der Waals surface area contributed by atoms with Crippen LogP contribution in [0.25, 0.3) is 0 Å². The molecule has 1 aromatic heterocycles. The highest BCUT2D eigenvalue weighted by atomic mass is 16.3. The van der Waals surface area contributed by atoms with Crippen LogP contribution in [0.1, 0.15) is 39.5 Å². The lowest BCUT2D eigenvalue weighted by Crippen LogP contribution is -2.43. The number of hydrogen-bond acceptors (Lipinski definition) is 3. The van der Waals surface area contributed by atoms with Crippen molar-refractivity contribution in [2.45, 2.75) is 45.8 Å². The SMILES string of the molecule is CC(C)C(C)N(C)C(c1ccco1)C(C)N. The lowest BCUT2D eigenvalue weighted by molar-refractivity contribution is 0.117. The average Bonchev–Trinajstić information content (AvgIpc) is 2.69. The smallest absolute Gasteiger partial charge is 0.122 e. The van der Waals surface area contributed by atoms with Crippen molar-refractivity contribution in [1.82, 2.24) is 4.90 Å². The monoisotopic (exact) mass is 224 g/mol. The van der Waals surface area contributed by atoms with Gasteiger partial charge < -0.3 is 10.2 Å². The van der Waals surface area contributed by atoms with Gasteiger partial charge in [0.2, 0.25) is 0 Å². The summed E-state index contributed by atoms with van der Waals surface area (Å²) in [6.07, 6.45) is 1.71. The molecule has 0 aromatic carbocycles. The lowest BCUT2D eigenvalue weighted by atomic mass is 9.99. The molecule has 0 aliphatic heterocycles. The third-order valence-electron chi connectivity index (χ3n) is 3.38. The van der Waals surface area contributed by atoms with E-state index in [4.69, 9.17) is 10.2 Å². The van der Waals surface area contributed by atoms with Crippen LogP contribution >= 0.6 is 0 Å². The molecule has 0 bridgehead atoms. The van der Waals surface area contributed by atoms with Gasteiger partial charge in [-0.1, -0.05) is 13.8 Å². The second-order valence-corrected chi connectivity index (χ2v) is 4.97. The zero-order valence-electron chi connectivity index (χ0n) is 11.0. The summed E-state index contributed by atoms with van der Waals surface area (Å²) in [6, 6.07) is 4.58. The molecule has 1 aromatic rings. The minimum atomic E-state index is 0.0531. The number of nitrogens with zero attached hydrogens (tertiary/aromatic N) is 1. The topological polar surface area (TPSA) is 42.4 Å². The van der Waals surface area contributed by atoms with Crippen LogP contribution in [0.4, 0.5) is 0 Å². The first-order valence-electron chi connectivity index (χ1n) is 5.96. The Morgan fingerprint density at radius 2 is 1.88 bits per heavy atom. The van der Waals surface area contributed by atoms with Gasteiger partial charge in [0.15, 0.2) is 0 Å². The second kappa shape index (κ2) is 5.51. The molecule has 3 heteroatoms. The highest BCUT2D eigenvalue weighted by molar-refractivity contribution is 5.07. The highest BCUT2D eigenvalue weighted by Crippen LogP contribution is 2.26. The summed E-state index contributed by atoms with van der Waals surface area (Å²) in [5.41, 5.74) is 6.07. The molecular weight excluding hydrogens is 200 g/mol. The van der Waals surface area contributed by atoms with Gasteiger partial charge in [-0.2, -0.15) is 0 Å². The van der Waals surface area contributed by atoms with Crippen LogP contribution in [0.3, 0.4) is 0 Å². The maximum Gasteiger partial charge on any atom is 0.122 e. The Morgan fingerprint density at radius 3 is 2.25 bits per heavy atom. The molecule has 0 amide bonds. The summed E-state index contributed by atoms with van der Waals surface area (Å²) < 4.78 is 5.49. The third kappa shape index (κ3) is 2.86. The van der Waals surface area contributed by atoms with E-state index in [0.717, 1.165) is 5.76 Å². The molecule has 0 fully saturated rings. The molecule has 3 nitrogen and oxygen atoms in total. The van der Waals surface area contributed by atoms with E-state index in [9.17, 15) is 0 Å². The molecule has 3 atom stereocenters. The first-order valence-corrected chi connectivity index (χ1v) is 5.96. The van der Waals surface area contributed by atoms with E-state index in [1.807, 2.05) is 19.1 Å². The molecule has 0 aliphatic rings.